The van der Waals surface area contributed by atoms with Crippen LogP contribution in [0.5, 0.6) is 5.75 Å². The Morgan fingerprint density at radius 1 is 1.11 bits per heavy atom. The number of ether oxygens (including phenoxy) is 1. The fourth-order valence-corrected chi connectivity index (χ4v) is 2.67. The van der Waals surface area contributed by atoms with Crippen LogP contribution < -0.4 is 10.1 Å². The van der Waals surface area contributed by atoms with Gasteiger partial charge in [-0.25, -0.2) is 0 Å². The summed E-state index contributed by atoms with van der Waals surface area (Å²) in [6, 6.07) is 12.5. The van der Waals surface area contributed by atoms with Crippen molar-refractivity contribution in [1.82, 2.24) is 5.32 Å². The van der Waals surface area contributed by atoms with Gasteiger partial charge in [0.15, 0.2) is 0 Å². The van der Waals surface area contributed by atoms with E-state index in [0.29, 0.717) is 0 Å². The van der Waals surface area contributed by atoms with Gasteiger partial charge in [0.25, 0.3) is 0 Å². The van der Waals surface area contributed by atoms with E-state index in [9.17, 15) is 0 Å². The molecule has 0 aliphatic rings. The fourth-order valence-electron chi connectivity index (χ4n) is 1.96. The van der Waals surface area contributed by atoms with Crippen LogP contribution >= 0.6 is 11.3 Å². The number of aryl methyl sites for hydroxylation is 1. The maximum atomic E-state index is 5.81. The fraction of sp³-hybridized carbons (Fsp3) is 0.375. The molecule has 0 aliphatic carbocycles. The van der Waals surface area contributed by atoms with Gasteiger partial charge in [-0.15, -0.1) is 11.3 Å². The molecule has 0 saturated carbocycles. The predicted octanol–water partition coefficient (Wildman–Crippen LogP) is 3.52. The Balaban J connectivity index is 1.61. The van der Waals surface area contributed by atoms with E-state index in [1.165, 1.54) is 10.4 Å². The van der Waals surface area contributed by atoms with Crippen molar-refractivity contribution < 1.29 is 4.74 Å². The Morgan fingerprint density at radius 2 is 2.00 bits per heavy atom. The van der Waals surface area contributed by atoms with E-state index < -0.39 is 0 Å². The molecule has 19 heavy (non-hydrogen) atoms. The number of rotatable bonds is 8. The zero-order valence-corrected chi connectivity index (χ0v) is 12.2. The number of hydrogen-bond acceptors (Lipinski definition) is 3. The number of nitrogens with one attached hydrogen (secondary N) is 1. The third-order valence-corrected chi connectivity index (χ3v) is 3.95. The van der Waals surface area contributed by atoms with Gasteiger partial charge in [0.05, 0.1) is 0 Å². The summed E-state index contributed by atoms with van der Waals surface area (Å²) in [5.74, 6) is 1.02. The Morgan fingerprint density at radius 3 is 2.79 bits per heavy atom. The van der Waals surface area contributed by atoms with E-state index >= 15 is 0 Å². The van der Waals surface area contributed by atoms with E-state index in [4.69, 9.17) is 4.74 Å². The van der Waals surface area contributed by atoms with E-state index in [2.05, 4.69) is 41.9 Å². The molecule has 0 saturated heterocycles. The Hall–Kier alpha value is -1.32. The Kier molecular flexibility index (Phi) is 5.92. The zero-order chi connectivity index (χ0) is 13.3. The highest BCUT2D eigenvalue weighted by Gasteiger charge is 1.99. The topological polar surface area (TPSA) is 21.3 Å². The van der Waals surface area contributed by atoms with Crippen LogP contribution in [0.2, 0.25) is 0 Å². The normalized spacial score (nSPS) is 10.6. The van der Waals surface area contributed by atoms with E-state index in [1.54, 1.807) is 0 Å². The molecule has 1 aromatic carbocycles. The van der Waals surface area contributed by atoms with Crippen molar-refractivity contribution in [1.29, 1.82) is 0 Å². The van der Waals surface area contributed by atoms with E-state index in [-0.39, 0.29) is 0 Å². The van der Waals surface area contributed by atoms with Gasteiger partial charge in [-0.1, -0.05) is 31.2 Å². The first-order valence-corrected chi connectivity index (χ1v) is 7.72. The predicted molar refractivity (Wildman–Crippen MR) is 82.2 cm³/mol. The minimum atomic E-state index is 0.724. The standard InChI is InChI=1S/C16H21NOS/c1-2-14-6-3-4-8-16(14)18-12-11-17-10-9-15-7-5-13-19-15/h3-8,13,17H,2,9-12H2,1H3. The molecule has 2 nitrogen and oxygen atoms in total. The van der Waals surface area contributed by atoms with Crippen LogP contribution in [0.25, 0.3) is 0 Å². The molecule has 0 bridgehead atoms. The molecule has 1 heterocycles. The first-order valence-electron chi connectivity index (χ1n) is 6.84. The highest BCUT2D eigenvalue weighted by molar-refractivity contribution is 7.09. The Bertz CT molecular complexity index is 467. The third-order valence-electron chi connectivity index (χ3n) is 3.02. The second-order valence-electron chi connectivity index (χ2n) is 4.39. The highest BCUT2D eigenvalue weighted by atomic mass is 32.1. The van der Waals surface area contributed by atoms with Crippen molar-refractivity contribution in [2.45, 2.75) is 19.8 Å². The van der Waals surface area contributed by atoms with E-state index in [1.807, 2.05) is 23.5 Å². The second kappa shape index (κ2) is 7.97. The average Bonchev–Trinajstić information content (AvgIpc) is 2.96. The van der Waals surface area contributed by atoms with Crippen LogP contribution in [0.3, 0.4) is 0 Å². The number of hydrogen-bond donors (Lipinski definition) is 1. The summed E-state index contributed by atoms with van der Waals surface area (Å²) in [4.78, 5) is 1.43. The molecular weight excluding hydrogens is 254 g/mol. The van der Waals surface area contributed by atoms with Crippen LogP contribution in [0.15, 0.2) is 41.8 Å². The van der Waals surface area contributed by atoms with Gasteiger partial charge in [-0.2, -0.15) is 0 Å². The molecular formula is C16H21NOS. The van der Waals surface area contributed by atoms with Gasteiger partial charge in [-0.05, 0) is 35.9 Å². The summed E-state index contributed by atoms with van der Waals surface area (Å²) in [6.45, 7) is 4.78. The maximum absolute atomic E-state index is 5.81. The first kappa shape index (κ1) is 14.1. The van der Waals surface area contributed by atoms with Crippen LogP contribution in [0.4, 0.5) is 0 Å². The van der Waals surface area contributed by atoms with Crippen molar-refractivity contribution in [3.05, 3.63) is 52.2 Å². The Labute approximate surface area is 119 Å². The van der Waals surface area contributed by atoms with Crippen molar-refractivity contribution in [2.24, 2.45) is 0 Å². The minimum Gasteiger partial charge on any atom is -0.492 e. The van der Waals surface area contributed by atoms with Crippen LogP contribution in [-0.2, 0) is 12.8 Å². The number of thiophene rings is 1. The second-order valence-corrected chi connectivity index (χ2v) is 5.42. The molecule has 0 unspecified atom stereocenters. The monoisotopic (exact) mass is 275 g/mol. The average molecular weight is 275 g/mol. The quantitative estimate of drug-likeness (QED) is 0.744. The van der Waals surface area contributed by atoms with Gasteiger partial charge in [0, 0.05) is 18.0 Å². The smallest absolute Gasteiger partial charge is 0.122 e. The van der Waals surface area contributed by atoms with Gasteiger partial charge in [0.2, 0.25) is 0 Å². The molecule has 2 aromatic rings. The maximum Gasteiger partial charge on any atom is 0.122 e. The minimum absolute atomic E-state index is 0.724. The molecule has 0 aliphatic heterocycles. The summed E-state index contributed by atoms with van der Waals surface area (Å²) >= 11 is 1.82. The van der Waals surface area contributed by atoms with Gasteiger partial charge in [-0.3, -0.25) is 0 Å². The summed E-state index contributed by atoms with van der Waals surface area (Å²) in [7, 11) is 0. The molecule has 0 radical (unpaired) electrons. The zero-order valence-electron chi connectivity index (χ0n) is 11.4. The molecule has 102 valence electrons. The lowest BCUT2D eigenvalue weighted by Gasteiger charge is -2.10. The molecule has 0 fully saturated rings. The van der Waals surface area contributed by atoms with Crippen LogP contribution in [0.1, 0.15) is 17.4 Å². The molecule has 0 amide bonds. The first-order chi connectivity index (χ1) is 9.40. The summed E-state index contributed by atoms with van der Waals surface area (Å²) in [5, 5.41) is 5.54. The van der Waals surface area contributed by atoms with Crippen molar-refractivity contribution in [3.8, 4) is 5.75 Å². The molecule has 2 rings (SSSR count). The van der Waals surface area contributed by atoms with Gasteiger partial charge >= 0.3 is 0 Å². The lowest BCUT2D eigenvalue weighted by molar-refractivity contribution is 0.311. The lowest BCUT2D eigenvalue weighted by Crippen LogP contribution is -2.23. The molecule has 0 spiro atoms. The third kappa shape index (κ3) is 4.69. The largest absolute Gasteiger partial charge is 0.492 e. The summed E-state index contributed by atoms with van der Waals surface area (Å²) in [6.07, 6.45) is 2.12. The number of para-hydroxylation sites is 1. The number of benzene rings is 1. The molecule has 1 N–H and O–H groups in total. The molecule has 0 atom stereocenters. The summed E-state index contributed by atoms with van der Waals surface area (Å²) in [5.41, 5.74) is 1.28. The summed E-state index contributed by atoms with van der Waals surface area (Å²) < 4.78 is 5.81. The van der Waals surface area contributed by atoms with Crippen LogP contribution in [0, 0.1) is 0 Å². The lowest BCUT2D eigenvalue weighted by atomic mass is 10.1. The molecule has 3 heteroatoms. The van der Waals surface area contributed by atoms with Gasteiger partial charge in [0.1, 0.15) is 12.4 Å². The van der Waals surface area contributed by atoms with Gasteiger partial charge < -0.3 is 10.1 Å². The molecule has 1 aromatic heterocycles. The highest BCUT2D eigenvalue weighted by Crippen LogP contribution is 2.17. The van der Waals surface area contributed by atoms with Crippen molar-refractivity contribution in [2.75, 3.05) is 19.7 Å². The SMILES string of the molecule is CCc1ccccc1OCCNCCc1cccs1. The van der Waals surface area contributed by atoms with E-state index in [0.717, 1.165) is 38.3 Å². The van der Waals surface area contributed by atoms with Crippen molar-refractivity contribution >= 4 is 11.3 Å². The van der Waals surface area contributed by atoms with Crippen LogP contribution in [-0.4, -0.2) is 19.7 Å². The van der Waals surface area contributed by atoms with Crippen molar-refractivity contribution in [3.63, 3.8) is 0 Å².